The lowest BCUT2D eigenvalue weighted by Gasteiger charge is -2.27. The summed E-state index contributed by atoms with van der Waals surface area (Å²) in [6.45, 7) is 9.00. The first-order valence-electron chi connectivity index (χ1n) is 8.14. The molecule has 120 valence electrons. The van der Waals surface area contributed by atoms with Crippen molar-refractivity contribution in [1.29, 1.82) is 0 Å². The fraction of sp³-hybridized carbons (Fsp3) is 0.667. The minimum Gasteiger partial charge on any atom is -0.496 e. The van der Waals surface area contributed by atoms with Gasteiger partial charge in [0.2, 0.25) is 0 Å². The van der Waals surface area contributed by atoms with Crippen LogP contribution in [0.3, 0.4) is 0 Å². The molecule has 3 nitrogen and oxygen atoms in total. The third kappa shape index (κ3) is 6.49. The largest absolute Gasteiger partial charge is 0.496 e. The van der Waals surface area contributed by atoms with Crippen molar-refractivity contribution in [3.63, 3.8) is 0 Å². The molecule has 0 heterocycles. The minimum absolute atomic E-state index is 0.514. The van der Waals surface area contributed by atoms with Crippen LogP contribution < -0.4 is 10.1 Å². The molecule has 0 spiro atoms. The summed E-state index contributed by atoms with van der Waals surface area (Å²) in [6.07, 6.45) is 3.41. The van der Waals surface area contributed by atoms with Crippen LogP contribution >= 0.6 is 0 Å². The highest BCUT2D eigenvalue weighted by atomic mass is 16.5. The second-order valence-electron chi connectivity index (χ2n) is 5.99. The van der Waals surface area contributed by atoms with Crippen LogP contribution in [0.1, 0.15) is 39.2 Å². The molecule has 0 bridgehead atoms. The summed E-state index contributed by atoms with van der Waals surface area (Å²) in [6, 6.07) is 9.41. The Morgan fingerprint density at radius 3 is 2.62 bits per heavy atom. The van der Waals surface area contributed by atoms with E-state index in [-0.39, 0.29) is 0 Å². The predicted octanol–water partition coefficient (Wildman–Crippen LogP) is 3.34. The summed E-state index contributed by atoms with van der Waals surface area (Å²) in [4.78, 5) is 2.44. The summed E-state index contributed by atoms with van der Waals surface area (Å²) in [5.41, 5.74) is 1.29. The van der Waals surface area contributed by atoms with Crippen molar-refractivity contribution >= 4 is 0 Å². The standard InChI is InChI=1S/C18H32N2O/c1-6-12-19-15(2)11-13-20(4)16(3)14-17-9-7-8-10-18(17)21-5/h7-10,15-16,19H,6,11-14H2,1-5H3. The molecule has 1 rings (SSSR count). The Kier molecular flexibility index (Phi) is 8.40. The molecule has 0 aromatic heterocycles. The number of ether oxygens (including phenoxy) is 1. The molecule has 21 heavy (non-hydrogen) atoms. The molecule has 1 N–H and O–H groups in total. The zero-order valence-electron chi connectivity index (χ0n) is 14.4. The molecule has 1 aromatic carbocycles. The molecule has 0 aliphatic carbocycles. The molecule has 1 aromatic rings. The second-order valence-corrected chi connectivity index (χ2v) is 5.99. The predicted molar refractivity (Wildman–Crippen MR) is 91.2 cm³/mol. The van der Waals surface area contributed by atoms with Crippen LogP contribution in [0.2, 0.25) is 0 Å². The molecular weight excluding hydrogens is 260 g/mol. The maximum Gasteiger partial charge on any atom is 0.122 e. The molecule has 0 saturated heterocycles. The summed E-state index contributed by atoms with van der Waals surface area (Å²) in [7, 11) is 3.96. The average Bonchev–Trinajstić information content (AvgIpc) is 2.50. The zero-order valence-corrected chi connectivity index (χ0v) is 14.4. The summed E-state index contributed by atoms with van der Waals surface area (Å²) < 4.78 is 5.44. The van der Waals surface area contributed by atoms with Gasteiger partial charge in [-0.2, -0.15) is 0 Å². The van der Waals surface area contributed by atoms with Crippen LogP contribution in [0.4, 0.5) is 0 Å². The summed E-state index contributed by atoms with van der Waals surface area (Å²) in [5.74, 6) is 0.996. The molecular formula is C18H32N2O. The van der Waals surface area contributed by atoms with Crippen molar-refractivity contribution in [2.45, 2.75) is 52.1 Å². The number of hydrogen-bond donors (Lipinski definition) is 1. The van der Waals surface area contributed by atoms with Crippen LogP contribution in [0, 0.1) is 0 Å². The van der Waals surface area contributed by atoms with Crippen LogP contribution in [0.5, 0.6) is 5.75 Å². The monoisotopic (exact) mass is 292 g/mol. The lowest BCUT2D eigenvalue weighted by Crippen LogP contribution is -2.36. The zero-order chi connectivity index (χ0) is 15.7. The van der Waals surface area contributed by atoms with Gasteiger partial charge in [-0.15, -0.1) is 0 Å². The van der Waals surface area contributed by atoms with E-state index in [0.29, 0.717) is 12.1 Å². The number of hydrogen-bond acceptors (Lipinski definition) is 3. The molecule has 0 radical (unpaired) electrons. The van der Waals surface area contributed by atoms with Gasteiger partial charge in [0.25, 0.3) is 0 Å². The second kappa shape index (κ2) is 9.80. The van der Waals surface area contributed by atoms with E-state index in [1.54, 1.807) is 7.11 Å². The van der Waals surface area contributed by atoms with E-state index in [4.69, 9.17) is 4.74 Å². The van der Waals surface area contributed by atoms with Crippen LogP contribution in [0.15, 0.2) is 24.3 Å². The highest BCUT2D eigenvalue weighted by Gasteiger charge is 2.13. The topological polar surface area (TPSA) is 24.5 Å². The number of nitrogens with zero attached hydrogens (tertiary/aromatic N) is 1. The molecule has 2 atom stereocenters. The lowest BCUT2D eigenvalue weighted by molar-refractivity contribution is 0.241. The Labute approximate surface area is 130 Å². The number of rotatable bonds is 10. The van der Waals surface area contributed by atoms with Gasteiger partial charge >= 0.3 is 0 Å². The van der Waals surface area contributed by atoms with Gasteiger partial charge in [-0.25, -0.2) is 0 Å². The quantitative estimate of drug-likeness (QED) is 0.716. The number of methoxy groups -OCH3 is 1. The summed E-state index contributed by atoms with van der Waals surface area (Å²) in [5, 5.41) is 3.55. The third-order valence-corrected chi connectivity index (χ3v) is 4.12. The number of likely N-dealkylation sites (N-methyl/N-ethyl adjacent to an activating group) is 1. The normalized spacial score (nSPS) is 14.2. The molecule has 0 aliphatic rings. The average molecular weight is 292 g/mol. The van der Waals surface area contributed by atoms with Gasteiger partial charge in [-0.05, 0) is 64.9 Å². The third-order valence-electron chi connectivity index (χ3n) is 4.12. The van der Waals surface area contributed by atoms with Crippen molar-refractivity contribution in [2.75, 3.05) is 27.2 Å². The summed E-state index contributed by atoms with van der Waals surface area (Å²) >= 11 is 0. The fourth-order valence-electron chi connectivity index (χ4n) is 2.46. The Morgan fingerprint density at radius 2 is 1.95 bits per heavy atom. The van der Waals surface area contributed by atoms with Gasteiger partial charge in [0.1, 0.15) is 5.75 Å². The van der Waals surface area contributed by atoms with E-state index in [2.05, 4.69) is 50.2 Å². The highest BCUT2D eigenvalue weighted by Crippen LogP contribution is 2.20. The van der Waals surface area contributed by atoms with Gasteiger partial charge in [-0.3, -0.25) is 0 Å². The Morgan fingerprint density at radius 1 is 1.24 bits per heavy atom. The number of para-hydroxylation sites is 1. The van der Waals surface area contributed by atoms with E-state index in [9.17, 15) is 0 Å². The Hall–Kier alpha value is -1.06. The molecule has 0 saturated carbocycles. The number of benzene rings is 1. The first-order valence-corrected chi connectivity index (χ1v) is 8.14. The van der Waals surface area contributed by atoms with Crippen molar-refractivity contribution in [3.05, 3.63) is 29.8 Å². The van der Waals surface area contributed by atoms with E-state index >= 15 is 0 Å². The number of nitrogens with one attached hydrogen (secondary N) is 1. The van der Waals surface area contributed by atoms with Gasteiger partial charge in [0, 0.05) is 12.1 Å². The van der Waals surface area contributed by atoms with Gasteiger partial charge < -0.3 is 15.0 Å². The first-order chi connectivity index (χ1) is 10.1. The van der Waals surface area contributed by atoms with Crippen LogP contribution in [-0.2, 0) is 6.42 Å². The first kappa shape index (κ1) is 18.0. The van der Waals surface area contributed by atoms with Gasteiger partial charge in [0.05, 0.1) is 7.11 Å². The van der Waals surface area contributed by atoms with Crippen LogP contribution in [0.25, 0.3) is 0 Å². The smallest absolute Gasteiger partial charge is 0.122 e. The molecule has 2 unspecified atom stereocenters. The Bertz CT molecular complexity index is 395. The minimum atomic E-state index is 0.514. The van der Waals surface area contributed by atoms with Crippen molar-refractivity contribution in [3.8, 4) is 5.75 Å². The van der Waals surface area contributed by atoms with E-state index in [0.717, 1.165) is 25.3 Å². The maximum absolute atomic E-state index is 5.44. The molecule has 0 fully saturated rings. The van der Waals surface area contributed by atoms with Crippen molar-refractivity contribution < 1.29 is 4.74 Å². The lowest BCUT2D eigenvalue weighted by atomic mass is 10.0. The van der Waals surface area contributed by atoms with E-state index in [1.165, 1.54) is 18.4 Å². The molecule has 0 amide bonds. The highest BCUT2D eigenvalue weighted by molar-refractivity contribution is 5.33. The van der Waals surface area contributed by atoms with E-state index in [1.807, 2.05) is 12.1 Å². The van der Waals surface area contributed by atoms with Gasteiger partial charge in [0.15, 0.2) is 0 Å². The SMILES string of the molecule is CCCNC(C)CCN(C)C(C)Cc1ccccc1OC. The molecule has 0 aliphatic heterocycles. The van der Waals surface area contributed by atoms with Crippen molar-refractivity contribution in [2.24, 2.45) is 0 Å². The van der Waals surface area contributed by atoms with Gasteiger partial charge in [-0.1, -0.05) is 25.1 Å². The molecule has 3 heteroatoms. The van der Waals surface area contributed by atoms with Crippen LogP contribution in [-0.4, -0.2) is 44.2 Å². The maximum atomic E-state index is 5.44. The fourth-order valence-corrected chi connectivity index (χ4v) is 2.46. The Balaban J connectivity index is 2.42. The van der Waals surface area contributed by atoms with E-state index < -0.39 is 0 Å². The van der Waals surface area contributed by atoms with Crippen molar-refractivity contribution in [1.82, 2.24) is 10.2 Å².